The zero-order chi connectivity index (χ0) is 15.6. The Bertz CT molecular complexity index is 652. The van der Waals surface area contributed by atoms with Gasteiger partial charge in [-0.05, 0) is 11.1 Å². The van der Waals surface area contributed by atoms with E-state index in [9.17, 15) is 9.32 Å². The minimum absolute atomic E-state index is 0.249. The molecule has 0 aromatic heterocycles. The van der Waals surface area contributed by atoms with Crippen LogP contribution in [0.15, 0.2) is 60.7 Å². The Balaban J connectivity index is 2.02. The normalized spacial score (nSPS) is 31.4. The Morgan fingerprint density at radius 2 is 1.36 bits per heavy atom. The van der Waals surface area contributed by atoms with E-state index in [1.54, 1.807) is 0 Å². The van der Waals surface area contributed by atoms with Crippen LogP contribution in [0.3, 0.4) is 0 Å². The Hall–Kier alpha value is -1.89. The molecule has 3 rings (SSSR count). The third-order valence-electron chi connectivity index (χ3n) is 4.22. The molecule has 0 aliphatic carbocycles. The lowest BCUT2D eigenvalue weighted by Crippen LogP contribution is -2.39. The van der Waals surface area contributed by atoms with Crippen LogP contribution in [0.1, 0.15) is 34.5 Å². The second-order valence-electron chi connectivity index (χ2n) is 5.71. The summed E-state index contributed by atoms with van der Waals surface area (Å²) in [6.07, 6.45) is 6.24. The van der Waals surface area contributed by atoms with Crippen LogP contribution in [0.5, 0.6) is 0 Å². The maximum Gasteiger partial charge on any atom is 0.128 e. The molecule has 0 bridgehead atoms. The molecule has 1 aliphatic rings. The first-order chi connectivity index (χ1) is 10.6. The van der Waals surface area contributed by atoms with Crippen LogP contribution in [0.25, 0.3) is 0 Å². The van der Waals surface area contributed by atoms with Crippen molar-refractivity contribution in [3.63, 3.8) is 0 Å². The lowest BCUT2D eigenvalue weighted by molar-refractivity contribution is 0.0749. The summed E-state index contributed by atoms with van der Waals surface area (Å²) < 4.78 is 13.1. The molecule has 0 amide bonds. The van der Waals surface area contributed by atoms with Gasteiger partial charge in [0.25, 0.3) is 0 Å². The van der Waals surface area contributed by atoms with Gasteiger partial charge in [0.1, 0.15) is 5.60 Å². The Kier molecular flexibility index (Phi) is 4.15. The third kappa shape index (κ3) is 2.85. The lowest BCUT2D eigenvalue weighted by atomic mass is 9.88. The SMILES string of the molecule is C#CC1(O)CC(c2ccccc2)S(=O)C(c2ccccc2)C1. The molecule has 1 heterocycles. The van der Waals surface area contributed by atoms with Gasteiger partial charge in [-0.25, -0.2) is 0 Å². The molecule has 1 aliphatic heterocycles. The van der Waals surface area contributed by atoms with Gasteiger partial charge in [0.2, 0.25) is 0 Å². The van der Waals surface area contributed by atoms with Gasteiger partial charge in [0.15, 0.2) is 0 Å². The van der Waals surface area contributed by atoms with Crippen LogP contribution in [-0.4, -0.2) is 14.9 Å². The van der Waals surface area contributed by atoms with Crippen molar-refractivity contribution in [2.45, 2.75) is 28.9 Å². The number of hydrogen-bond acceptors (Lipinski definition) is 2. The highest BCUT2D eigenvalue weighted by Gasteiger charge is 2.43. The number of terminal acetylenes is 1. The summed E-state index contributed by atoms with van der Waals surface area (Å²) in [6.45, 7) is 0. The van der Waals surface area contributed by atoms with E-state index < -0.39 is 16.4 Å². The van der Waals surface area contributed by atoms with E-state index in [1.165, 1.54) is 0 Å². The summed E-state index contributed by atoms with van der Waals surface area (Å²) >= 11 is 0. The molecule has 0 radical (unpaired) electrons. The van der Waals surface area contributed by atoms with E-state index in [2.05, 4.69) is 5.92 Å². The van der Waals surface area contributed by atoms with Crippen molar-refractivity contribution in [1.29, 1.82) is 0 Å². The first kappa shape index (κ1) is 15.0. The summed E-state index contributed by atoms with van der Waals surface area (Å²) in [5.41, 5.74) is 0.722. The van der Waals surface area contributed by atoms with E-state index in [4.69, 9.17) is 6.42 Å². The maximum atomic E-state index is 13.1. The molecule has 1 N–H and O–H groups in total. The van der Waals surface area contributed by atoms with Gasteiger partial charge in [-0.15, -0.1) is 6.42 Å². The van der Waals surface area contributed by atoms with E-state index in [0.717, 1.165) is 11.1 Å². The summed E-state index contributed by atoms with van der Waals surface area (Å²) in [5, 5.41) is 10.2. The third-order valence-corrected chi connectivity index (χ3v) is 6.22. The van der Waals surface area contributed by atoms with Crippen molar-refractivity contribution in [1.82, 2.24) is 0 Å². The smallest absolute Gasteiger partial charge is 0.128 e. The fourth-order valence-electron chi connectivity index (χ4n) is 3.02. The highest BCUT2D eigenvalue weighted by molar-refractivity contribution is 7.85. The number of rotatable bonds is 2. The Labute approximate surface area is 133 Å². The summed E-state index contributed by atoms with van der Waals surface area (Å²) in [5.74, 6) is 2.52. The van der Waals surface area contributed by atoms with Gasteiger partial charge >= 0.3 is 0 Å². The Morgan fingerprint density at radius 1 is 0.955 bits per heavy atom. The molecule has 2 atom stereocenters. The number of aliphatic hydroxyl groups is 1. The molecule has 112 valence electrons. The average Bonchev–Trinajstić information content (AvgIpc) is 2.58. The largest absolute Gasteiger partial charge is 0.378 e. The van der Waals surface area contributed by atoms with Crippen molar-refractivity contribution < 1.29 is 9.32 Å². The second kappa shape index (κ2) is 6.08. The van der Waals surface area contributed by atoms with Gasteiger partial charge in [-0.2, -0.15) is 0 Å². The van der Waals surface area contributed by atoms with E-state index in [1.807, 2.05) is 60.7 Å². The van der Waals surface area contributed by atoms with Crippen LogP contribution >= 0.6 is 0 Å². The minimum Gasteiger partial charge on any atom is -0.378 e. The molecule has 0 saturated carbocycles. The highest BCUT2D eigenvalue weighted by Crippen LogP contribution is 2.46. The monoisotopic (exact) mass is 310 g/mol. The predicted octanol–water partition coefficient (Wildman–Crippen LogP) is 3.38. The molecule has 2 aromatic rings. The highest BCUT2D eigenvalue weighted by atomic mass is 32.2. The van der Waals surface area contributed by atoms with Crippen molar-refractivity contribution >= 4 is 10.8 Å². The van der Waals surface area contributed by atoms with Gasteiger partial charge in [-0.1, -0.05) is 66.6 Å². The quantitative estimate of drug-likeness (QED) is 0.864. The Morgan fingerprint density at radius 3 is 1.73 bits per heavy atom. The van der Waals surface area contributed by atoms with Crippen LogP contribution in [0, 0.1) is 12.3 Å². The maximum absolute atomic E-state index is 13.1. The molecule has 0 spiro atoms. The first-order valence-electron chi connectivity index (χ1n) is 7.32. The van der Waals surface area contributed by atoms with Gasteiger partial charge in [0.05, 0.1) is 10.5 Å². The molecular weight excluding hydrogens is 292 g/mol. The summed E-state index contributed by atoms with van der Waals surface area (Å²) in [4.78, 5) is 0. The average molecular weight is 310 g/mol. The van der Waals surface area contributed by atoms with Gasteiger partial charge in [0, 0.05) is 23.6 Å². The molecule has 1 saturated heterocycles. The van der Waals surface area contributed by atoms with E-state index in [0.29, 0.717) is 12.8 Å². The van der Waals surface area contributed by atoms with Crippen molar-refractivity contribution in [3.05, 3.63) is 71.8 Å². The molecule has 2 nitrogen and oxygen atoms in total. The van der Waals surface area contributed by atoms with Crippen LogP contribution in [0.2, 0.25) is 0 Å². The molecule has 22 heavy (non-hydrogen) atoms. The molecule has 1 fully saturated rings. The number of hydrogen-bond donors (Lipinski definition) is 1. The topological polar surface area (TPSA) is 37.3 Å². The van der Waals surface area contributed by atoms with Crippen molar-refractivity contribution in [3.8, 4) is 12.3 Å². The number of benzene rings is 2. The van der Waals surface area contributed by atoms with Gasteiger partial charge < -0.3 is 5.11 Å². The fourth-order valence-corrected chi connectivity index (χ4v) is 5.14. The van der Waals surface area contributed by atoms with Crippen LogP contribution in [-0.2, 0) is 10.8 Å². The zero-order valence-corrected chi connectivity index (χ0v) is 13.0. The second-order valence-corrected chi connectivity index (χ2v) is 7.51. The first-order valence-corrected chi connectivity index (χ1v) is 8.60. The van der Waals surface area contributed by atoms with E-state index in [-0.39, 0.29) is 10.5 Å². The lowest BCUT2D eigenvalue weighted by Gasteiger charge is -2.38. The molecule has 2 unspecified atom stereocenters. The van der Waals surface area contributed by atoms with Crippen LogP contribution < -0.4 is 0 Å². The zero-order valence-electron chi connectivity index (χ0n) is 12.2. The fraction of sp³-hybridized carbons (Fsp3) is 0.263. The van der Waals surface area contributed by atoms with Crippen molar-refractivity contribution in [2.75, 3.05) is 0 Å². The minimum atomic E-state index is -1.21. The molecule has 2 aromatic carbocycles. The summed E-state index contributed by atoms with van der Waals surface area (Å²) in [7, 11) is -1.12. The van der Waals surface area contributed by atoms with Crippen LogP contribution in [0.4, 0.5) is 0 Å². The molecule has 3 heteroatoms. The summed E-state index contributed by atoms with van der Waals surface area (Å²) in [6, 6.07) is 19.4. The van der Waals surface area contributed by atoms with E-state index >= 15 is 0 Å². The standard InChI is InChI=1S/C19H18O2S/c1-2-19(20)13-17(15-9-5-3-6-10-15)22(21)18(14-19)16-11-7-4-8-12-16/h1,3-12,17-18,20H,13-14H2. The van der Waals surface area contributed by atoms with Crippen molar-refractivity contribution in [2.24, 2.45) is 0 Å². The van der Waals surface area contributed by atoms with Gasteiger partial charge in [-0.3, -0.25) is 4.21 Å². The molecular formula is C19H18O2S. The predicted molar refractivity (Wildman–Crippen MR) is 89.5 cm³/mol.